The molecule has 5 heteroatoms. The van der Waals surface area contributed by atoms with E-state index in [2.05, 4.69) is 7.05 Å². The number of likely N-dealkylation sites (N-methyl/N-ethyl adjacent to an activating group) is 1. The molecule has 0 spiro atoms. The number of hydrogen-bond donors (Lipinski definition) is 1. The van der Waals surface area contributed by atoms with Crippen LogP contribution in [0, 0.1) is 0 Å². The Hall–Kier alpha value is -1.75. The first kappa shape index (κ1) is 14.7. The fourth-order valence-electron chi connectivity index (χ4n) is 2.27. The highest BCUT2D eigenvalue weighted by molar-refractivity contribution is 5.81. The summed E-state index contributed by atoms with van der Waals surface area (Å²) in [6.45, 7) is 5.42. The molecule has 2 rings (SSSR count). The summed E-state index contributed by atoms with van der Waals surface area (Å²) >= 11 is 0. The first-order chi connectivity index (χ1) is 9.60. The third-order valence-electron chi connectivity index (χ3n) is 3.65. The number of piperazine rings is 1. The van der Waals surface area contributed by atoms with Gasteiger partial charge in [0.2, 0.25) is 0 Å². The molecule has 20 heavy (non-hydrogen) atoms. The van der Waals surface area contributed by atoms with Gasteiger partial charge in [-0.1, -0.05) is 0 Å². The number of methoxy groups -OCH3 is 1. The number of carbonyl (C=O) groups excluding carboxylic acids is 1. The number of quaternary nitrogens is 1. The van der Waals surface area contributed by atoms with Crippen LogP contribution in [0.25, 0.3) is 0 Å². The number of nitrogens with zero attached hydrogens (tertiary/aromatic N) is 1. The van der Waals surface area contributed by atoms with Crippen LogP contribution in [0.1, 0.15) is 6.92 Å². The molecule has 1 atom stereocenters. The predicted molar refractivity (Wildman–Crippen MR) is 76.3 cm³/mol. The highest BCUT2D eigenvalue weighted by Crippen LogP contribution is 2.18. The van der Waals surface area contributed by atoms with E-state index in [4.69, 9.17) is 9.47 Å². The Morgan fingerprint density at radius 3 is 2.30 bits per heavy atom. The third-order valence-corrected chi connectivity index (χ3v) is 3.65. The lowest BCUT2D eigenvalue weighted by molar-refractivity contribution is -0.883. The number of rotatable bonds is 4. The fourth-order valence-corrected chi connectivity index (χ4v) is 2.27. The summed E-state index contributed by atoms with van der Waals surface area (Å²) < 4.78 is 10.8. The van der Waals surface area contributed by atoms with Crippen molar-refractivity contribution < 1.29 is 19.2 Å². The summed E-state index contributed by atoms with van der Waals surface area (Å²) in [7, 11) is 3.77. The van der Waals surface area contributed by atoms with Crippen LogP contribution in [0.4, 0.5) is 0 Å². The summed E-state index contributed by atoms with van der Waals surface area (Å²) in [5.74, 6) is 1.53. The zero-order chi connectivity index (χ0) is 14.5. The average Bonchev–Trinajstić information content (AvgIpc) is 2.48. The van der Waals surface area contributed by atoms with Crippen molar-refractivity contribution in [2.75, 3.05) is 40.3 Å². The maximum Gasteiger partial charge on any atom is 0.263 e. The molecule has 1 aromatic rings. The molecular weight excluding hydrogens is 256 g/mol. The molecule has 5 nitrogen and oxygen atoms in total. The van der Waals surface area contributed by atoms with Gasteiger partial charge in [-0.2, -0.15) is 0 Å². The van der Waals surface area contributed by atoms with E-state index in [9.17, 15) is 4.79 Å². The lowest BCUT2D eigenvalue weighted by Crippen LogP contribution is -3.12. The molecule has 0 aliphatic carbocycles. The van der Waals surface area contributed by atoms with Gasteiger partial charge in [0.1, 0.15) is 11.5 Å². The van der Waals surface area contributed by atoms with Crippen LogP contribution in [0.3, 0.4) is 0 Å². The SMILES string of the molecule is COc1ccc(O[C@H](C)C(=O)N2CC[NH+](C)CC2)cc1. The first-order valence-electron chi connectivity index (χ1n) is 7.01. The van der Waals surface area contributed by atoms with Crippen LogP contribution in [-0.2, 0) is 4.79 Å². The molecule has 1 heterocycles. The highest BCUT2D eigenvalue weighted by Gasteiger charge is 2.26. The molecule has 0 saturated carbocycles. The molecule has 1 N–H and O–H groups in total. The number of benzene rings is 1. The largest absolute Gasteiger partial charge is 0.497 e. The van der Waals surface area contributed by atoms with Crippen molar-refractivity contribution in [1.29, 1.82) is 0 Å². The Labute approximate surface area is 120 Å². The van der Waals surface area contributed by atoms with Gasteiger partial charge in [0, 0.05) is 0 Å². The summed E-state index contributed by atoms with van der Waals surface area (Å²) in [6.07, 6.45) is -0.457. The van der Waals surface area contributed by atoms with Crippen molar-refractivity contribution in [2.45, 2.75) is 13.0 Å². The molecule has 1 aromatic carbocycles. The van der Waals surface area contributed by atoms with E-state index < -0.39 is 6.10 Å². The molecule has 110 valence electrons. The summed E-state index contributed by atoms with van der Waals surface area (Å²) in [5.41, 5.74) is 0. The molecule has 0 unspecified atom stereocenters. The van der Waals surface area contributed by atoms with Crippen LogP contribution < -0.4 is 14.4 Å². The number of carbonyl (C=O) groups is 1. The van der Waals surface area contributed by atoms with E-state index in [-0.39, 0.29) is 5.91 Å². The Balaban J connectivity index is 1.89. The molecule has 1 amide bonds. The molecule has 1 saturated heterocycles. The minimum absolute atomic E-state index is 0.0633. The fraction of sp³-hybridized carbons (Fsp3) is 0.533. The summed E-state index contributed by atoms with van der Waals surface area (Å²) in [4.78, 5) is 15.7. The van der Waals surface area contributed by atoms with Crippen LogP contribution in [0.15, 0.2) is 24.3 Å². The van der Waals surface area contributed by atoms with E-state index in [1.54, 1.807) is 14.0 Å². The Kier molecular flexibility index (Phi) is 4.84. The van der Waals surface area contributed by atoms with Gasteiger partial charge < -0.3 is 19.3 Å². The monoisotopic (exact) mass is 279 g/mol. The molecule has 1 aliphatic heterocycles. The molecule has 0 bridgehead atoms. The number of hydrogen-bond acceptors (Lipinski definition) is 3. The smallest absolute Gasteiger partial charge is 0.263 e. The number of amides is 1. The van der Waals surface area contributed by atoms with Crippen molar-refractivity contribution in [1.82, 2.24) is 4.90 Å². The summed E-state index contributed by atoms with van der Waals surface area (Å²) in [5, 5.41) is 0. The minimum atomic E-state index is -0.457. The number of nitrogens with one attached hydrogen (secondary N) is 1. The van der Waals surface area contributed by atoms with Gasteiger partial charge in [-0.15, -0.1) is 0 Å². The minimum Gasteiger partial charge on any atom is -0.497 e. The Bertz CT molecular complexity index is 439. The summed E-state index contributed by atoms with van der Waals surface area (Å²) in [6, 6.07) is 7.28. The van der Waals surface area contributed by atoms with Gasteiger partial charge in [-0.25, -0.2) is 0 Å². The molecule has 0 aromatic heterocycles. The van der Waals surface area contributed by atoms with Crippen molar-refractivity contribution in [2.24, 2.45) is 0 Å². The molecule has 0 radical (unpaired) electrons. The maximum absolute atomic E-state index is 12.3. The van der Waals surface area contributed by atoms with Gasteiger partial charge in [-0.3, -0.25) is 4.79 Å². The van der Waals surface area contributed by atoms with Gasteiger partial charge in [0.25, 0.3) is 5.91 Å². The predicted octanol–water partition coefficient (Wildman–Crippen LogP) is -0.181. The van der Waals surface area contributed by atoms with Crippen molar-refractivity contribution >= 4 is 5.91 Å². The Morgan fingerprint density at radius 2 is 1.75 bits per heavy atom. The second-order valence-electron chi connectivity index (χ2n) is 5.22. The molecule has 1 fully saturated rings. The zero-order valence-corrected chi connectivity index (χ0v) is 12.4. The second-order valence-corrected chi connectivity index (χ2v) is 5.22. The average molecular weight is 279 g/mol. The first-order valence-corrected chi connectivity index (χ1v) is 7.01. The standard InChI is InChI=1S/C15H22N2O3/c1-12(15(18)17-10-8-16(2)9-11-17)20-14-6-4-13(19-3)5-7-14/h4-7,12H,8-11H2,1-3H3/p+1/t12-/m1/s1. The van der Waals surface area contributed by atoms with Crippen molar-refractivity contribution in [3.63, 3.8) is 0 Å². The van der Waals surface area contributed by atoms with Crippen molar-refractivity contribution in [3.8, 4) is 11.5 Å². The highest BCUT2D eigenvalue weighted by atomic mass is 16.5. The number of ether oxygens (including phenoxy) is 2. The van der Waals surface area contributed by atoms with Gasteiger partial charge in [-0.05, 0) is 31.2 Å². The zero-order valence-electron chi connectivity index (χ0n) is 12.4. The van der Waals surface area contributed by atoms with Crippen LogP contribution in [-0.4, -0.2) is 57.2 Å². The van der Waals surface area contributed by atoms with Crippen LogP contribution in [0.5, 0.6) is 11.5 Å². The maximum atomic E-state index is 12.3. The van der Waals surface area contributed by atoms with E-state index >= 15 is 0 Å². The second kappa shape index (κ2) is 6.61. The molecular formula is C15H23N2O3+. The van der Waals surface area contributed by atoms with E-state index in [1.165, 1.54) is 4.90 Å². The van der Waals surface area contributed by atoms with Crippen LogP contribution in [0.2, 0.25) is 0 Å². The third kappa shape index (κ3) is 3.63. The van der Waals surface area contributed by atoms with Gasteiger partial charge >= 0.3 is 0 Å². The van der Waals surface area contributed by atoms with E-state index in [0.717, 1.165) is 31.9 Å². The lowest BCUT2D eigenvalue weighted by Gasteiger charge is -2.31. The molecule has 1 aliphatic rings. The van der Waals surface area contributed by atoms with E-state index in [1.807, 2.05) is 29.2 Å². The Morgan fingerprint density at radius 1 is 1.20 bits per heavy atom. The van der Waals surface area contributed by atoms with Crippen LogP contribution >= 0.6 is 0 Å². The van der Waals surface area contributed by atoms with Gasteiger partial charge in [0.05, 0.1) is 40.3 Å². The normalized spacial score (nSPS) is 17.6. The van der Waals surface area contributed by atoms with Crippen molar-refractivity contribution in [3.05, 3.63) is 24.3 Å². The topological polar surface area (TPSA) is 43.2 Å². The van der Waals surface area contributed by atoms with E-state index in [0.29, 0.717) is 5.75 Å². The quantitative estimate of drug-likeness (QED) is 0.831. The lowest BCUT2D eigenvalue weighted by atomic mass is 10.2. The van der Waals surface area contributed by atoms with Gasteiger partial charge in [0.15, 0.2) is 6.10 Å².